The topological polar surface area (TPSA) is 68.0 Å². The van der Waals surface area contributed by atoms with Crippen molar-refractivity contribution in [2.45, 2.75) is 13.8 Å². The first-order valence-electron chi connectivity index (χ1n) is 7.00. The summed E-state index contributed by atoms with van der Waals surface area (Å²) in [6.45, 7) is 3.91. The van der Waals surface area contributed by atoms with E-state index in [0.717, 1.165) is 11.1 Å². The lowest BCUT2D eigenvalue weighted by Crippen LogP contribution is -2.04. The van der Waals surface area contributed by atoms with Gasteiger partial charge in [0.2, 0.25) is 0 Å². The van der Waals surface area contributed by atoms with Gasteiger partial charge >= 0.3 is 5.97 Å². The Balaban J connectivity index is 2.26. The average molecular weight is 311 g/mol. The van der Waals surface area contributed by atoms with Crippen LogP contribution in [-0.2, 0) is 0 Å². The molecule has 0 aliphatic carbocycles. The first-order valence-corrected chi connectivity index (χ1v) is 7.00. The standard InChI is InChI=1S/C17H14FN3O2/c1-10-6-7-12(8-11(10)2)16-15(17(22)23)19-20-21(16)14-5-3-4-13(18)9-14/h3-9H,1-2H3,(H,22,23). The fraction of sp³-hybridized carbons (Fsp3) is 0.118. The number of nitrogens with zero attached hydrogens (tertiary/aromatic N) is 3. The van der Waals surface area contributed by atoms with E-state index in [0.29, 0.717) is 16.9 Å². The van der Waals surface area contributed by atoms with E-state index >= 15 is 0 Å². The van der Waals surface area contributed by atoms with E-state index in [2.05, 4.69) is 10.3 Å². The van der Waals surface area contributed by atoms with Crippen LogP contribution in [0.25, 0.3) is 16.9 Å². The van der Waals surface area contributed by atoms with Crippen molar-refractivity contribution in [3.8, 4) is 16.9 Å². The Morgan fingerprint density at radius 1 is 1.13 bits per heavy atom. The van der Waals surface area contributed by atoms with Gasteiger partial charge in [0.05, 0.1) is 5.69 Å². The van der Waals surface area contributed by atoms with Gasteiger partial charge in [-0.3, -0.25) is 0 Å². The number of halogens is 1. The molecular formula is C17H14FN3O2. The van der Waals surface area contributed by atoms with E-state index in [-0.39, 0.29) is 5.69 Å². The molecular weight excluding hydrogens is 297 g/mol. The minimum atomic E-state index is -1.18. The number of aromatic carboxylic acids is 1. The molecule has 0 bridgehead atoms. The first kappa shape index (κ1) is 14.9. The van der Waals surface area contributed by atoms with Gasteiger partial charge in [0.15, 0.2) is 5.69 Å². The van der Waals surface area contributed by atoms with Crippen LogP contribution in [0.4, 0.5) is 4.39 Å². The minimum absolute atomic E-state index is 0.169. The molecule has 0 spiro atoms. The van der Waals surface area contributed by atoms with Crippen LogP contribution in [0.15, 0.2) is 42.5 Å². The van der Waals surface area contributed by atoms with Gasteiger partial charge in [0, 0.05) is 5.56 Å². The normalized spacial score (nSPS) is 10.7. The first-order chi connectivity index (χ1) is 11.0. The zero-order chi connectivity index (χ0) is 16.6. The molecule has 3 rings (SSSR count). The molecule has 0 aliphatic heterocycles. The summed E-state index contributed by atoms with van der Waals surface area (Å²) in [5.41, 5.74) is 3.35. The van der Waals surface area contributed by atoms with E-state index in [1.807, 2.05) is 32.0 Å². The predicted molar refractivity (Wildman–Crippen MR) is 83.2 cm³/mol. The molecule has 23 heavy (non-hydrogen) atoms. The number of carbonyl (C=O) groups is 1. The molecule has 0 amide bonds. The number of benzene rings is 2. The summed E-state index contributed by atoms with van der Waals surface area (Å²) in [5, 5.41) is 17.0. The van der Waals surface area contributed by atoms with Crippen LogP contribution in [0.2, 0.25) is 0 Å². The number of carboxylic acids is 1. The fourth-order valence-electron chi connectivity index (χ4n) is 2.36. The van der Waals surface area contributed by atoms with Gasteiger partial charge in [-0.15, -0.1) is 5.10 Å². The molecule has 5 nitrogen and oxygen atoms in total. The number of hydrogen-bond acceptors (Lipinski definition) is 3. The largest absolute Gasteiger partial charge is 0.476 e. The zero-order valence-electron chi connectivity index (χ0n) is 12.6. The third-order valence-electron chi connectivity index (χ3n) is 3.71. The summed E-state index contributed by atoms with van der Waals surface area (Å²) in [5.74, 6) is -1.61. The van der Waals surface area contributed by atoms with Gasteiger partial charge in [-0.2, -0.15) is 0 Å². The Kier molecular flexibility index (Phi) is 3.65. The van der Waals surface area contributed by atoms with Gasteiger partial charge in [0.1, 0.15) is 11.5 Å². The third-order valence-corrected chi connectivity index (χ3v) is 3.71. The van der Waals surface area contributed by atoms with E-state index in [1.54, 1.807) is 6.07 Å². The molecule has 1 aromatic heterocycles. The highest BCUT2D eigenvalue weighted by Gasteiger charge is 2.22. The lowest BCUT2D eigenvalue weighted by molar-refractivity contribution is 0.0691. The van der Waals surface area contributed by atoms with E-state index in [4.69, 9.17) is 0 Å². The highest BCUT2D eigenvalue weighted by atomic mass is 19.1. The molecule has 0 atom stereocenters. The highest BCUT2D eigenvalue weighted by molar-refractivity contribution is 5.93. The Bertz CT molecular complexity index is 903. The van der Waals surface area contributed by atoms with Crippen molar-refractivity contribution in [2.75, 3.05) is 0 Å². The lowest BCUT2D eigenvalue weighted by Gasteiger charge is -2.09. The summed E-state index contributed by atoms with van der Waals surface area (Å²) in [6.07, 6.45) is 0. The Hall–Kier alpha value is -3.02. The number of rotatable bonds is 3. The number of aryl methyl sites for hydroxylation is 2. The maximum absolute atomic E-state index is 13.5. The molecule has 6 heteroatoms. The van der Waals surface area contributed by atoms with Crippen LogP contribution in [0.5, 0.6) is 0 Å². The van der Waals surface area contributed by atoms with Crippen LogP contribution in [-0.4, -0.2) is 26.1 Å². The van der Waals surface area contributed by atoms with Crippen molar-refractivity contribution >= 4 is 5.97 Å². The van der Waals surface area contributed by atoms with Gasteiger partial charge in [0.25, 0.3) is 0 Å². The monoisotopic (exact) mass is 311 g/mol. The van der Waals surface area contributed by atoms with E-state index in [1.165, 1.54) is 22.9 Å². The Morgan fingerprint density at radius 2 is 1.91 bits per heavy atom. The van der Waals surface area contributed by atoms with Crippen molar-refractivity contribution in [2.24, 2.45) is 0 Å². The summed E-state index contributed by atoms with van der Waals surface area (Å²) >= 11 is 0. The van der Waals surface area contributed by atoms with Gasteiger partial charge < -0.3 is 5.11 Å². The fourth-order valence-corrected chi connectivity index (χ4v) is 2.36. The molecule has 3 aromatic rings. The predicted octanol–water partition coefficient (Wildman–Crippen LogP) is 3.39. The summed E-state index contributed by atoms with van der Waals surface area (Å²) in [6, 6.07) is 11.4. The highest BCUT2D eigenvalue weighted by Crippen LogP contribution is 2.27. The van der Waals surface area contributed by atoms with Gasteiger partial charge in [-0.25, -0.2) is 13.9 Å². The molecule has 0 aliphatic rings. The van der Waals surface area contributed by atoms with Crippen molar-refractivity contribution < 1.29 is 14.3 Å². The number of carboxylic acid groups (broad SMARTS) is 1. The maximum Gasteiger partial charge on any atom is 0.358 e. The van der Waals surface area contributed by atoms with Crippen LogP contribution in [0.1, 0.15) is 21.6 Å². The third kappa shape index (κ3) is 2.70. The SMILES string of the molecule is Cc1ccc(-c2c(C(=O)O)nnn2-c2cccc(F)c2)cc1C. The van der Waals surface area contributed by atoms with Crippen LogP contribution in [0.3, 0.4) is 0 Å². The molecule has 0 saturated carbocycles. The quantitative estimate of drug-likeness (QED) is 0.805. The average Bonchev–Trinajstić information content (AvgIpc) is 2.95. The van der Waals surface area contributed by atoms with Crippen LogP contribution < -0.4 is 0 Å². The second kappa shape index (κ2) is 5.64. The van der Waals surface area contributed by atoms with Crippen LogP contribution >= 0.6 is 0 Å². The molecule has 1 heterocycles. The van der Waals surface area contributed by atoms with Crippen molar-refractivity contribution in [3.63, 3.8) is 0 Å². The number of aromatic nitrogens is 3. The smallest absolute Gasteiger partial charge is 0.358 e. The number of hydrogen-bond donors (Lipinski definition) is 1. The molecule has 0 saturated heterocycles. The molecule has 2 aromatic carbocycles. The minimum Gasteiger partial charge on any atom is -0.476 e. The van der Waals surface area contributed by atoms with E-state index in [9.17, 15) is 14.3 Å². The van der Waals surface area contributed by atoms with Crippen molar-refractivity contribution in [1.29, 1.82) is 0 Å². The summed E-state index contributed by atoms with van der Waals surface area (Å²) in [7, 11) is 0. The maximum atomic E-state index is 13.5. The molecule has 1 N–H and O–H groups in total. The van der Waals surface area contributed by atoms with Crippen molar-refractivity contribution in [3.05, 3.63) is 65.1 Å². The molecule has 0 fully saturated rings. The molecule has 116 valence electrons. The summed E-state index contributed by atoms with van der Waals surface area (Å²) < 4.78 is 14.8. The summed E-state index contributed by atoms with van der Waals surface area (Å²) in [4.78, 5) is 11.5. The van der Waals surface area contributed by atoms with E-state index < -0.39 is 11.8 Å². The van der Waals surface area contributed by atoms with Crippen LogP contribution in [0, 0.1) is 19.7 Å². The molecule has 0 radical (unpaired) electrons. The molecule has 0 unspecified atom stereocenters. The Morgan fingerprint density at radius 3 is 2.57 bits per heavy atom. The van der Waals surface area contributed by atoms with Gasteiger partial charge in [-0.1, -0.05) is 23.4 Å². The second-order valence-electron chi connectivity index (χ2n) is 5.28. The second-order valence-corrected chi connectivity index (χ2v) is 5.28. The zero-order valence-corrected chi connectivity index (χ0v) is 12.6. The lowest BCUT2D eigenvalue weighted by atomic mass is 10.0. The Labute approximate surface area is 132 Å². The van der Waals surface area contributed by atoms with Gasteiger partial charge in [-0.05, 0) is 49.2 Å². The van der Waals surface area contributed by atoms with Crippen molar-refractivity contribution in [1.82, 2.24) is 15.0 Å².